The Hall–Kier alpha value is -2.58. The summed E-state index contributed by atoms with van der Waals surface area (Å²) in [6, 6.07) is 7.63. The molecule has 8 heteroatoms. The number of hydrogen-bond donors (Lipinski definition) is 1. The lowest BCUT2D eigenvalue weighted by atomic mass is 10.1. The number of rotatable bonds is 6. The predicted molar refractivity (Wildman–Crippen MR) is 95.2 cm³/mol. The van der Waals surface area contributed by atoms with E-state index in [9.17, 15) is 9.59 Å². The summed E-state index contributed by atoms with van der Waals surface area (Å²) in [5.41, 5.74) is 1.82. The molecule has 8 nitrogen and oxygen atoms in total. The molecule has 1 fully saturated rings. The molecule has 1 saturated heterocycles. The summed E-state index contributed by atoms with van der Waals surface area (Å²) in [6.07, 6.45) is 0.968. The molecule has 0 unspecified atom stereocenters. The molecule has 0 saturated carbocycles. The summed E-state index contributed by atoms with van der Waals surface area (Å²) in [4.78, 5) is 25.9. The van der Waals surface area contributed by atoms with Crippen molar-refractivity contribution in [2.24, 2.45) is 0 Å². The largest absolute Gasteiger partial charge is 0.511 e. The topological polar surface area (TPSA) is 82.0 Å². The van der Waals surface area contributed by atoms with Crippen LogP contribution in [0.2, 0.25) is 0 Å². The van der Waals surface area contributed by atoms with E-state index in [1.807, 2.05) is 38.4 Å². The molecule has 0 radical (unpaired) electrons. The van der Waals surface area contributed by atoms with Gasteiger partial charge in [-0.25, -0.2) is 9.59 Å². The number of carbonyl (C=O) groups excluding carboxylic acids is 2. The lowest BCUT2D eigenvalue weighted by molar-refractivity contribution is -0.0378. The molecule has 3 rings (SSSR count). The third-order valence-electron chi connectivity index (χ3n) is 4.19. The van der Waals surface area contributed by atoms with Crippen LogP contribution in [0.25, 0.3) is 10.9 Å². The first-order chi connectivity index (χ1) is 12.5. The van der Waals surface area contributed by atoms with Gasteiger partial charge in [-0.15, -0.1) is 0 Å². The predicted octanol–water partition coefficient (Wildman–Crippen LogP) is 1.81. The van der Waals surface area contributed by atoms with Crippen molar-refractivity contribution in [1.82, 2.24) is 14.8 Å². The maximum Gasteiger partial charge on any atom is 0.511 e. The van der Waals surface area contributed by atoms with Gasteiger partial charge >= 0.3 is 12.2 Å². The molecule has 2 aromatic rings. The van der Waals surface area contributed by atoms with Crippen LogP contribution in [-0.2, 0) is 20.6 Å². The normalized spacial score (nSPS) is 14.3. The maximum atomic E-state index is 12.4. The highest BCUT2D eigenvalue weighted by Gasteiger charge is 2.22. The zero-order chi connectivity index (χ0) is 18.5. The lowest BCUT2D eigenvalue weighted by Crippen LogP contribution is -2.49. The van der Waals surface area contributed by atoms with Crippen LogP contribution in [0.5, 0.6) is 0 Å². The van der Waals surface area contributed by atoms with E-state index in [1.165, 1.54) is 4.57 Å². The molecule has 0 amide bonds. The minimum Gasteiger partial charge on any atom is -0.428 e. The van der Waals surface area contributed by atoms with Crippen molar-refractivity contribution in [3.05, 3.63) is 36.0 Å². The van der Waals surface area contributed by atoms with E-state index in [0.29, 0.717) is 13.1 Å². The van der Waals surface area contributed by atoms with Gasteiger partial charge in [-0.1, -0.05) is 18.2 Å². The Kier molecular flexibility index (Phi) is 5.75. The fourth-order valence-electron chi connectivity index (χ4n) is 2.66. The number of nitrogens with one attached hydrogen (secondary N) is 1. The number of likely N-dealkylation sites (N-methyl/N-ethyl adjacent to an activating group) is 1. The minimum atomic E-state index is -0.840. The van der Waals surface area contributed by atoms with E-state index >= 15 is 0 Å². The summed E-state index contributed by atoms with van der Waals surface area (Å²) in [5, 5.41) is 3.98. The first-order valence-electron chi connectivity index (χ1n) is 8.49. The van der Waals surface area contributed by atoms with Gasteiger partial charge in [0.2, 0.25) is 6.79 Å². The zero-order valence-electron chi connectivity index (χ0n) is 14.9. The highest BCUT2D eigenvalue weighted by Crippen LogP contribution is 2.22. The SMILES string of the molecule is CN(C)CCc1cn(C(=O)OCOC(=O)OC2CNC2)c2ccccc12. The Morgan fingerprint density at radius 2 is 2.00 bits per heavy atom. The van der Waals surface area contributed by atoms with Crippen molar-refractivity contribution >= 4 is 23.2 Å². The standard InChI is InChI=1S/C18H23N3O5/c1-20(2)8-7-13-11-21(16-6-4-3-5-15(13)16)17(22)24-12-25-18(23)26-14-9-19-10-14/h3-6,11,14,19H,7-10,12H2,1-2H3. The fourth-order valence-corrected chi connectivity index (χ4v) is 2.66. The molecular weight excluding hydrogens is 338 g/mol. The van der Waals surface area contributed by atoms with Gasteiger partial charge in [0.15, 0.2) is 0 Å². The van der Waals surface area contributed by atoms with E-state index in [2.05, 4.69) is 10.2 Å². The van der Waals surface area contributed by atoms with Crippen molar-refractivity contribution in [2.45, 2.75) is 12.5 Å². The third kappa shape index (κ3) is 4.33. The third-order valence-corrected chi connectivity index (χ3v) is 4.19. The summed E-state index contributed by atoms with van der Waals surface area (Å²) in [6.45, 7) is 1.60. The zero-order valence-corrected chi connectivity index (χ0v) is 14.9. The molecule has 26 heavy (non-hydrogen) atoms. The monoisotopic (exact) mass is 361 g/mol. The Morgan fingerprint density at radius 1 is 1.23 bits per heavy atom. The van der Waals surface area contributed by atoms with Crippen LogP contribution in [0.3, 0.4) is 0 Å². The molecule has 0 atom stereocenters. The van der Waals surface area contributed by atoms with Crippen molar-refractivity contribution in [1.29, 1.82) is 0 Å². The molecule has 1 aromatic carbocycles. The Balaban J connectivity index is 1.61. The average molecular weight is 361 g/mol. The first kappa shape index (κ1) is 18.2. The van der Waals surface area contributed by atoms with Crippen LogP contribution in [0, 0.1) is 0 Å². The van der Waals surface area contributed by atoms with Crippen molar-refractivity contribution < 1.29 is 23.8 Å². The molecule has 1 aliphatic heterocycles. The van der Waals surface area contributed by atoms with Gasteiger partial charge in [-0.05, 0) is 32.1 Å². The number of fused-ring (bicyclic) bond motifs is 1. The molecule has 0 aliphatic carbocycles. The fraction of sp³-hybridized carbons (Fsp3) is 0.444. The quantitative estimate of drug-likeness (QED) is 0.621. The smallest absolute Gasteiger partial charge is 0.428 e. The number of aromatic nitrogens is 1. The summed E-state index contributed by atoms with van der Waals surface area (Å²) < 4.78 is 16.3. The minimum absolute atomic E-state index is 0.175. The highest BCUT2D eigenvalue weighted by atomic mass is 16.8. The Bertz CT molecular complexity index is 782. The summed E-state index contributed by atoms with van der Waals surface area (Å²) >= 11 is 0. The number of nitrogens with zero attached hydrogens (tertiary/aromatic N) is 2. The van der Waals surface area contributed by atoms with Crippen molar-refractivity contribution in [3.63, 3.8) is 0 Å². The number of carbonyl (C=O) groups is 2. The molecule has 1 aromatic heterocycles. The molecule has 2 heterocycles. The summed E-state index contributed by atoms with van der Waals surface area (Å²) in [5.74, 6) is 0. The molecule has 0 bridgehead atoms. The molecular formula is C18H23N3O5. The van der Waals surface area contributed by atoms with Gasteiger partial charge in [-0.3, -0.25) is 4.57 Å². The van der Waals surface area contributed by atoms with E-state index in [4.69, 9.17) is 14.2 Å². The second kappa shape index (κ2) is 8.20. The molecule has 1 N–H and O–H groups in total. The van der Waals surface area contributed by atoms with Gasteiger partial charge in [0.25, 0.3) is 0 Å². The van der Waals surface area contributed by atoms with Crippen LogP contribution in [-0.4, -0.2) is 68.3 Å². The molecule has 0 spiro atoms. The first-order valence-corrected chi connectivity index (χ1v) is 8.49. The maximum absolute atomic E-state index is 12.4. The van der Waals surface area contributed by atoms with Gasteiger partial charge in [0.05, 0.1) is 5.52 Å². The van der Waals surface area contributed by atoms with E-state index in [1.54, 1.807) is 6.20 Å². The Labute approximate surface area is 151 Å². The van der Waals surface area contributed by atoms with Crippen LogP contribution in [0.15, 0.2) is 30.5 Å². The van der Waals surface area contributed by atoms with E-state index in [-0.39, 0.29) is 6.10 Å². The number of ether oxygens (including phenoxy) is 3. The number of hydrogen-bond acceptors (Lipinski definition) is 7. The highest BCUT2D eigenvalue weighted by molar-refractivity contribution is 5.92. The van der Waals surface area contributed by atoms with Gasteiger partial charge < -0.3 is 24.4 Å². The lowest BCUT2D eigenvalue weighted by Gasteiger charge is -2.25. The van der Waals surface area contributed by atoms with Crippen molar-refractivity contribution in [3.8, 4) is 0 Å². The van der Waals surface area contributed by atoms with Gasteiger partial charge in [-0.2, -0.15) is 0 Å². The summed E-state index contributed by atoms with van der Waals surface area (Å²) in [7, 11) is 4.01. The number of para-hydroxylation sites is 1. The van der Waals surface area contributed by atoms with Crippen LogP contribution < -0.4 is 5.32 Å². The molecule has 140 valence electrons. The molecule has 1 aliphatic rings. The van der Waals surface area contributed by atoms with Crippen LogP contribution in [0.1, 0.15) is 5.56 Å². The number of benzene rings is 1. The Morgan fingerprint density at radius 3 is 2.69 bits per heavy atom. The second-order valence-electron chi connectivity index (χ2n) is 6.42. The van der Waals surface area contributed by atoms with E-state index < -0.39 is 19.0 Å². The van der Waals surface area contributed by atoms with Crippen LogP contribution in [0.4, 0.5) is 9.59 Å². The van der Waals surface area contributed by atoms with Gasteiger partial charge in [0.1, 0.15) is 6.10 Å². The second-order valence-corrected chi connectivity index (χ2v) is 6.42. The van der Waals surface area contributed by atoms with E-state index in [0.717, 1.165) is 29.4 Å². The average Bonchev–Trinajstić information content (AvgIpc) is 2.95. The van der Waals surface area contributed by atoms with Crippen molar-refractivity contribution in [2.75, 3.05) is 40.5 Å². The van der Waals surface area contributed by atoms with Gasteiger partial charge in [0, 0.05) is 31.2 Å². The van der Waals surface area contributed by atoms with Crippen LogP contribution >= 0.6 is 0 Å².